The molecule has 0 bridgehead atoms. The molecular formula is C16H17BrN3O2-. The molecule has 3 aromatic rings. The first-order valence-corrected chi connectivity index (χ1v) is 7.01. The van der Waals surface area contributed by atoms with Gasteiger partial charge in [0.25, 0.3) is 0 Å². The first-order chi connectivity index (χ1) is 10.2. The molecule has 0 saturated heterocycles. The van der Waals surface area contributed by atoms with Crippen LogP contribution in [0, 0.1) is 5.41 Å². The Bertz CT molecular complexity index is 831. The number of fused-ring (bicyclic) bond motifs is 1. The molecular weight excluding hydrogens is 346 g/mol. The van der Waals surface area contributed by atoms with Crippen LogP contribution >= 0.6 is 0 Å². The monoisotopic (exact) mass is 362 g/mol. The standard InChI is InChI=1S/C16H17N3O2.BrH/c1-2-9-18-12-6-3-4-7-13(12)19(16(18)17)11-14(20)15-8-5-10-21-15;/h3-8,10,17H,2,9,11H2,1H3;1H/p-1. The summed E-state index contributed by atoms with van der Waals surface area (Å²) in [5.74, 6) is 0.201. The number of hydrogen-bond donors (Lipinski definition) is 1. The van der Waals surface area contributed by atoms with E-state index < -0.39 is 0 Å². The number of hydrogen-bond acceptors (Lipinski definition) is 3. The van der Waals surface area contributed by atoms with Gasteiger partial charge in [-0.25, -0.2) is 0 Å². The minimum atomic E-state index is -0.127. The number of nitrogens with one attached hydrogen (secondary N) is 1. The third-order valence-electron chi connectivity index (χ3n) is 3.52. The number of imidazole rings is 1. The van der Waals surface area contributed by atoms with Crippen LogP contribution in [0.3, 0.4) is 0 Å². The molecule has 0 amide bonds. The molecule has 2 aromatic heterocycles. The number of aromatic nitrogens is 2. The van der Waals surface area contributed by atoms with Crippen molar-refractivity contribution in [3.8, 4) is 0 Å². The van der Waals surface area contributed by atoms with Crippen molar-refractivity contribution in [2.75, 3.05) is 0 Å². The van der Waals surface area contributed by atoms with Crippen LogP contribution in [0.2, 0.25) is 0 Å². The van der Waals surface area contributed by atoms with E-state index in [2.05, 4.69) is 6.92 Å². The Labute approximate surface area is 138 Å². The van der Waals surface area contributed by atoms with Gasteiger partial charge in [0.05, 0.1) is 23.8 Å². The molecule has 1 N–H and O–H groups in total. The van der Waals surface area contributed by atoms with Crippen molar-refractivity contribution in [2.24, 2.45) is 0 Å². The van der Waals surface area contributed by atoms with Crippen molar-refractivity contribution in [3.05, 3.63) is 54.0 Å². The van der Waals surface area contributed by atoms with Gasteiger partial charge in [0.15, 0.2) is 5.76 Å². The summed E-state index contributed by atoms with van der Waals surface area (Å²) < 4.78 is 8.81. The number of halogens is 1. The zero-order valence-corrected chi connectivity index (χ0v) is 13.8. The first kappa shape index (κ1) is 16.3. The van der Waals surface area contributed by atoms with Crippen LogP contribution in [0.5, 0.6) is 0 Å². The lowest BCUT2D eigenvalue weighted by Crippen LogP contribution is -3.00. The number of aryl methyl sites for hydroxylation is 1. The lowest BCUT2D eigenvalue weighted by molar-refractivity contribution is -0.0000125. The summed E-state index contributed by atoms with van der Waals surface area (Å²) in [6.07, 6.45) is 2.43. The third kappa shape index (κ3) is 2.78. The normalized spacial score (nSPS) is 10.6. The van der Waals surface area contributed by atoms with Crippen molar-refractivity contribution in [3.63, 3.8) is 0 Å². The first-order valence-electron chi connectivity index (χ1n) is 7.01. The Kier molecular flexibility index (Phi) is 5.03. The predicted molar refractivity (Wildman–Crippen MR) is 79.1 cm³/mol. The molecule has 0 radical (unpaired) electrons. The second-order valence-corrected chi connectivity index (χ2v) is 4.95. The number of rotatable bonds is 5. The number of carbonyl (C=O) groups is 1. The average molecular weight is 363 g/mol. The van der Waals surface area contributed by atoms with E-state index in [1.165, 1.54) is 6.26 Å². The van der Waals surface area contributed by atoms with Gasteiger partial charge in [-0.2, -0.15) is 0 Å². The lowest BCUT2D eigenvalue weighted by Gasteiger charge is -2.02. The van der Waals surface area contributed by atoms with Gasteiger partial charge in [-0.15, -0.1) is 0 Å². The second kappa shape index (κ2) is 6.79. The smallest absolute Gasteiger partial charge is 0.217 e. The van der Waals surface area contributed by atoms with Gasteiger partial charge < -0.3 is 30.5 Å². The van der Waals surface area contributed by atoms with E-state index in [1.807, 2.05) is 28.8 Å². The largest absolute Gasteiger partial charge is 1.00 e. The molecule has 0 unspecified atom stereocenters. The van der Waals surface area contributed by atoms with Crippen molar-refractivity contribution >= 4 is 16.8 Å². The molecule has 0 saturated carbocycles. The van der Waals surface area contributed by atoms with Crippen molar-refractivity contribution in [1.29, 1.82) is 5.41 Å². The Morgan fingerprint density at radius 1 is 1.14 bits per heavy atom. The van der Waals surface area contributed by atoms with E-state index in [9.17, 15) is 4.79 Å². The summed E-state index contributed by atoms with van der Waals surface area (Å²) in [5.41, 5.74) is 2.23. The highest BCUT2D eigenvalue weighted by Gasteiger charge is 2.15. The molecule has 0 atom stereocenters. The highest BCUT2D eigenvalue weighted by atomic mass is 79.9. The summed E-state index contributed by atoms with van der Waals surface area (Å²) in [6, 6.07) is 11.1. The van der Waals surface area contributed by atoms with Crippen LogP contribution < -0.4 is 22.6 Å². The zero-order chi connectivity index (χ0) is 14.8. The molecule has 0 fully saturated rings. The molecule has 1 aromatic carbocycles. The number of benzene rings is 1. The Hall–Kier alpha value is -2.08. The summed E-state index contributed by atoms with van der Waals surface area (Å²) in [4.78, 5) is 12.2. The van der Waals surface area contributed by atoms with Crippen molar-refractivity contribution in [1.82, 2.24) is 9.13 Å². The average Bonchev–Trinajstić information content (AvgIpc) is 3.11. The number of carbonyl (C=O) groups excluding carboxylic acids is 1. The van der Waals surface area contributed by atoms with Gasteiger partial charge in [-0.1, -0.05) is 19.1 Å². The summed E-state index contributed by atoms with van der Waals surface area (Å²) in [7, 11) is 0. The maximum Gasteiger partial charge on any atom is 0.217 e. The summed E-state index contributed by atoms with van der Waals surface area (Å²) in [6.45, 7) is 2.96. The maximum absolute atomic E-state index is 12.2. The fourth-order valence-corrected chi connectivity index (χ4v) is 2.56. The number of furan rings is 1. The maximum atomic E-state index is 12.2. The third-order valence-corrected chi connectivity index (χ3v) is 3.52. The van der Waals surface area contributed by atoms with Crippen LogP contribution in [-0.2, 0) is 13.1 Å². The number of nitrogens with zero attached hydrogens (tertiary/aromatic N) is 2. The zero-order valence-electron chi connectivity index (χ0n) is 12.3. The van der Waals surface area contributed by atoms with Crippen LogP contribution in [-0.4, -0.2) is 14.9 Å². The van der Waals surface area contributed by atoms with Crippen molar-refractivity contribution < 1.29 is 26.2 Å². The molecule has 116 valence electrons. The molecule has 0 spiro atoms. The Morgan fingerprint density at radius 3 is 2.41 bits per heavy atom. The van der Waals surface area contributed by atoms with Gasteiger partial charge in [0.1, 0.15) is 0 Å². The molecule has 6 heteroatoms. The molecule has 22 heavy (non-hydrogen) atoms. The van der Waals surface area contributed by atoms with Crippen molar-refractivity contribution in [2.45, 2.75) is 26.4 Å². The number of para-hydroxylation sites is 2. The van der Waals surface area contributed by atoms with E-state index >= 15 is 0 Å². The predicted octanol–water partition coefficient (Wildman–Crippen LogP) is -0.188. The van der Waals surface area contributed by atoms with E-state index in [0.29, 0.717) is 11.4 Å². The molecule has 5 nitrogen and oxygen atoms in total. The topological polar surface area (TPSA) is 63.9 Å². The van der Waals surface area contributed by atoms with Crippen LogP contribution in [0.15, 0.2) is 47.1 Å². The van der Waals surface area contributed by atoms with Crippen LogP contribution in [0.4, 0.5) is 0 Å². The Balaban J connectivity index is 0.00000176. The van der Waals surface area contributed by atoms with E-state index in [-0.39, 0.29) is 29.3 Å². The van der Waals surface area contributed by atoms with Gasteiger partial charge in [-0.3, -0.25) is 10.2 Å². The minimum Gasteiger partial charge on any atom is -1.00 e. The van der Waals surface area contributed by atoms with Gasteiger partial charge in [-0.05, 0) is 30.7 Å². The Morgan fingerprint density at radius 2 is 1.82 bits per heavy atom. The van der Waals surface area contributed by atoms with Crippen LogP contribution in [0.25, 0.3) is 11.0 Å². The van der Waals surface area contributed by atoms with E-state index in [4.69, 9.17) is 9.83 Å². The quantitative estimate of drug-likeness (QED) is 0.639. The highest BCUT2D eigenvalue weighted by Crippen LogP contribution is 2.14. The fourth-order valence-electron chi connectivity index (χ4n) is 2.56. The molecule has 0 aliphatic carbocycles. The molecule has 3 rings (SSSR count). The molecule has 0 aliphatic rings. The summed E-state index contributed by atoms with van der Waals surface area (Å²) in [5, 5.41) is 8.34. The highest BCUT2D eigenvalue weighted by molar-refractivity contribution is 5.94. The molecule has 2 heterocycles. The van der Waals surface area contributed by atoms with Gasteiger partial charge in [0, 0.05) is 6.54 Å². The van der Waals surface area contributed by atoms with E-state index in [1.54, 1.807) is 16.7 Å². The number of ketones is 1. The SMILES string of the molecule is CCCn1c(=N)n(CC(=O)c2ccco2)c2ccccc21.[Br-]. The van der Waals surface area contributed by atoms with E-state index in [0.717, 1.165) is 24.0 Å². The second-order valence-electron chi connectivity index (χ2n) is 4.95. The molecule has 0 aliphatic heterocycles. The fraction of sp³-hybridized carbons (Fsp3) is 0.250. The number of Topliss-reactive ketones (excluding diaryl/α,β-unsaturated/α-hetero) is 1. The summed E-state index contributed by atoms with van der Waals surface area (Å²) >= 11 is 0. The van der Waals surface area contributed by atoms with Gasteiger partial charge >= 0.3 is 0 Å². The van der Waals surface area contributed by atoms with Gasteiger partial charge in [0.2, 0.25) is 11.4 Å². The lowest BCUT2D eigenvalue weighted by atomic mass is 10.3. The van der Waals surface area contributed by atoms with Crippen LogP contribution in [0.1, 0.15) is 23.9 Å². The minimum absolute atomic E-state index is 0.